The molecule has 1 aliphatic rings. The fourth-order valence-corrected chi connectivity index (χ4v) is 3.94. The van der Waals surface area contributed by atoms with E-state index >= 15 is 0 Å². The van der Waals surface area contributed by atoms with Gasteiger partial charge in [0.25, 0.3) is 5.91 Å². The quantitative estimate of drug-likeness (QED) is 0.709. The molecule has 1 saturated carbocycles. The van der Waals surface area contributed by atoms with E-state index in [9.17, 15) is 9.59 Å². The average molecular weight is 452 g/mol. The largest absolute Gasteiger partial charge is 0.443 e. The summed E-state index contributed by atoms with van der Waals surface area (Å²) in [5.41, 5.74) is -0.360. The second kappa shape index (κ2) is 8.63. The van der Waals surface area contributed by atoms with Crippen molar-refractivity contribution < 1.29 is 19.1 Å². The van der Waals surface area contributed by atoms with Crippen LogP contribution in [0.1, 0.15) is 63.7 Å². The highest BCUT2D eigenvalue weighted by Gasteiger charge is 2.33. The van der Waals surface area contributed by atoms with E-state index in [1.54, 1.807) is 34.9 Å². The first-order chi connectivity index (χ1) is 14.4. The Balaban J connectivity index is 1.87. The number of hydrogen-bond acceptors (Lipinski definition) is 6. The molecule has 1 fully saturated rings. The monoisotopic (exact) mass is 451 g/mol. The van der Waals surface area contributed by atoms with Crippen LogP contribution in [-0.4, -0.2) is 58.0 Å². The molecule has 10 heteroatoms. The number of nitrogens with one attached hydrogen (secondary N) is 1. The third-order valence-corrected chi connectivity index (χ3v) is 5.64. The Hall–Kier alpha value is -2.39. The molecule has 0 bridgehead atoms. The van der Waals surface area contributed by atoms with E-state index < -0.39 is 11.7 Å². The molecule has 2 atom stereocenters. The first-order valence-corrected chi connectivity index (χ1v) is 10.7. The van der Waals surface area contributed by atoms with E-state index in [2.05, 4.69) is 22.3 Å². The lowest BCUT2D eigenvalue weighted by atomic mass is 9.83. The molecule has 1 unspecified atom stereocenters. The molecule has 0 aliphatic heterocycles. The van der Waals surface area contributed by atoms with Gasteiger partial charge in [-0.25, -0.2) is 9.78 Å². The molecule has 0 spiro atoms. The van der Waals surface area contributed by atoms with Gasteiger partial charge in [-0.05, 0) is 53.4 Å². The summed E-state index contributed by atoms with van der Waals surface area (Å²) in [5.74, 6) is 0.0499. The lowest BCUT2D eigenvalue weighted by Crippen LogP contribution is -2.45. The molecule has 31 heavy (non-hydrogen) atoms. The molecule has 0 saturated heterocycles. The van der Waals surface area contributed by atoms with Crippen molar-refractivity contribution in [1.29, 1.82) is 0 Å². The van der Waals surface area contributed by atoms with Crippen LogP contribution in [0.25, 0.3) is 5.65 Å². The zero-order valence-corrected chi connectivity index (χ0v) is 19.6. The van der Waals surface area contributed by atoms with Crippen LogP contribution in [0.3, 0.4) is 0 Å². The van der Waals surface area contributed by atoms with Gasteiger partial charge < -0.3 is 14.8 Å². The van der Waals surface area contributed by atoms with Gasteiger partial charge in [-0.15, -0.1) is 0 Å². The molecule has 3 rings (SSSR count). The molecular formula is C21H30ClN5O4. The van der Waals surface area contributed by atoms with E-state index in [1.807, 2.05) is 0 Å². The van der Waals surface area contributed by atoms with E-state index in [-0.39, 0.29) is 33.9 Å². The maximum absolute atomic E-state index is 13.0. The Labute approximate surface area is 187 Å². The molecule has 1 N–H and O–H groups in total. The van der Waals surface area contributed by atoms with Crippen molar-refractivity contribution >= 4 is 35.1 Å². The summed E-state index contributed by atoms with van der Waals surface area (Å²) in [4.78, 5) is 31.1. The van der Waals surface area contributed by atoms with Gasteiger partial charge in [0.05, 0.1) is 11.8 Å². The highest BCUT2D eigenvalue weighted by Crippen LogP contribution is 2.31. The summed E-state index contributed by atoms with van der Waals surface area (Å²) in [6.45, 7) is 7.40. The number of rotatable bonds is 4. The SMILES string of the molecule is CO[C@]1(C)CCCC(NC(=O)c2cnn3c(N(C)C(=O)OC(C)(C)C)cc(Cl)nc23)C1. The number of carbonyl (C=O) groups excluding carboxylic acids is 2. The highest BCUT2D eigenvalue weighted by molar-refractivity contribution is 6.30. The number of amides is 2. The van der Waals surface area contributed by atoms with E-state index in [0.717, 1.165) is 25.7 Å². The van der Waals surface area contributed by atoms with Crippen LogP contribution in [0.4, 0.5) is 10.6 Å². The van der Waals surface area contributed by atoms with Crippen LogP contribution < -0.4 is 10.2 Å². The number of ether oxygens (including phenoxy) is 2. The Morgan fingerprint density at radius 3 is 2.74 bits per heavy atom. The molecule has 170 valence electrons. The number of methoxy groups -OCH3 is 1. The van der Waals surface area contributed by atoms with Crippen molar-refractivity contribution in [2.45, 2.75) is 70.6 Å². The van der Waals surface area contributed by atoms with Crippen LogP contribution in [0.15, 0.2) is 12.3 Å². The smallest absolute Gasteiger partial charge is 0.415 e. The van der Waals surface area contributed by atoms with Crippen molar-refractivity contribution in [3.63, 3.8) is 0 Å². The number of hydrogen-bond donors (Lipinski definition) is 1. The molecule has 0 aromatic carbocycles. The van der Waals surface area contributed by atoms with E-state index in [1.165, 1.54) is 21.7 Å². The number of fused-ring (bicyclic) bond motifs is 1. The zero-order valence-electron chi connectivity index (χ0n) is 18.9. The minimum atomic E-state index is -0.660. The number of aromatic nitrogens is 3. The average Bonchev–Trinajstić information content (AvgIpc) is 3.09. The van der Waals surface area contributed by atoms with E-state index in [0.29, 0.717) is 5.82 Å². The van der Waals surface area contributed by atoms with Crippen LogP contribution in [0, 0.1) is 0 Å². The topological polar surface area (TPSA) is 98.1 Å². The molecule has 2 aromatic rings. The Kier molecular flexibility index (Phi) is 6.48. The van der Waals surface area contributed by atoms with Crippen molar-refractivity contribution in [2.75, 3.05) is 19.1 Å². The maximum Gasteiger partial charge on any atom is 0.415 e. The fraction of sp³-hybridized carbons (Fsp3) is 0.619. The van der Waals surface area contributed by atoms with Crippen molar-refractivity contribution in [3.05, 3.63) is 23.0 Å². The Morgan fingerprint density at radius 2 is 2.10 bits per heavy atom. The second-order valence-corrected chi connectivity index (χ2v) is 9.58. The zero-order chi connectivity index (χ0) is 23.0. The normalized spacial score (nSPS) is 21.7. The summed E-state index contributed by atoms with van der Waals surface area (Å²) in [6, 6.07) is 1.49. The number of nitrogens with zero attached hydrogens (tertiary/aromatic N) is 4. The van der Waals surface area contributed by atoms with Crippen LogP contribution in [-0.2, 0) is 9.47 Å². The standard InChI is InChI=1S/C21H30ClN5O4/c1-20(2,3)31-19(29)26(5)16-10-15(22)25-17-14(12-23-27(16)17)18(28)24-13-8-7-9-21(4,11-13)30-6/h10,12-13H,7-9,11H2,1-6H3,(H,24,28)/t13?,21-/m1/s1. The number of anilines is 1. The molecule has 2 amide bonds. The molecule has 2 heterocycles. The Morgan fingerprint density at radius 1 is 1.39 bits per heavy atom. The summed E-state index contributed by atoms with van der Waals surface area (Å²) in [6.07, 6.45) is 4.40. The molecular weight excluding hydrogens is 422 g/mol. The first-order valence-electron chi connectivity index (χ1n) is 10.3. The third-order valence-electron chi connectivity index (χ3n) is 5.44. The predicted octanol–water partition coefficient (Wildman–Crippen LogP) is 3.83. The van der Waals surface area contributed by atoms with Crippen LogP contribution in [0.5, 0.6) is 0 Å². The predicted molar refractivity (Wildman–Crippen MR) is 118 cm³/mol. The minimum Gasteiger partial charge on any atom is -0.443 e. The lowest BCUT2D eigenvalue weighted by molar-refractivity contribution is -0.0314. The third kappa shape index (κ3) is 5.27. The van der Waals surface area contributed by atoms with Gasteiger partial charge in [0.15, 0.2) is 5.65 Å². The minimum absolute atomic E-state index is 0.00996. The van der Waals surface area contributed by atoms with E-state index in [4.69, 9.17) is 21.1 Å². The lowest BCUT2D eigenvalue weighted by Gasteiger charge is -2.37. The van der Waals surface area contributed by atoms with Crippen molar-refractivity contribution in [2.24, 2.45) is 0 Å². The van der Waals surface area contributed by atoms with Crippen LogP contribution >= 0.6 is 11.6 Å². The van der Waals surface area contributed by atoms with Crippen LogP contribution in [0.2, 0.25) is 5.15 Å². The molecule has 2 aromatic heterocycles. The van der Waals surface area contributed by atoms with Gasteiger partial charge in [0, 0.05) is 26.3 Å². The van der Waals surface area contributed by atoms with Gasteiger partial charge in [-0.3, -0.25) is 9.69 Å². The van der Waals surface area contributed by atoms with Gasteiger partial charge in [0.2, 0.25) is 0 Å². The van der Waals surface area contributed by atoms with Gasteiger partial charge in [0.1, 0.15) is 22.1 Å². The maximum atomic E-state index is 13.0. The molecule has 1 aliphatic carbocycles. The summed E-state index contributed by atoms with van der Waals surface area (Å²) in [7, 11) is 3.25. The van der Waals surface area contributed by atoms with Gasteiger partial charge in [-0.1, -0.05) is 11.6 Å². The molecule has 0 radical (unpaired) electrons. The fourth-order valence-electron chi connectivity index (χ4n) is 3.76. The summed E-state index contributed by atoms with van der Waals surface area (Å²) >= 11 is 6.21. The number of halogens is 1. The summed E-state index contributed by atoms with van der Waals surface area (Å²) in [5, 5.41) is 7.48. The first kappa shape index (κ1) is 23.3. The van der Waals surface area contributed by atoms with Crippen molar-refractivity contribution in [1.82, 2.24) is 19.9 Å². The van der Waals surface area contributed by atoms with Gasteiger partial charge >= 0.3 is 6.09 Å². The Bertz CT molecular complexity index is 986. The highest BCUT2D eigenvalue weighted by atomic mass is 35.5. The second-order valence-electron chi connectivity index (χ2n) is 9.19. The number of carbonyl (C=O) groups is 2. The summed E-state index contributed by atoms with van der Waals surface area (Å²) < 4.78 is 12.4. The molecule has 9 nitrogen and oxygen atoms in total. The van der Waals surface area contributed by atoms with Crippen molar-refractivity contribution in [3.8, 4) is 0 Å². The van der Waals surface area contributed by atoms with Gasteiger partial charge in [-0.2, -0.15) is 9.61 Å².